The largest absolute Gasteiger partial charge is 0.356 e. The molecule has 0 aliphatic carbocycles. The molecule has 0 radical (unpaired) electrons. The second-order valence-corrected chi connectivity index (χ2v) is 5.59. The molecule has 0 spiro atoms. The Hall–Kier alpha value is -1.17. The van der Waals surface area contributed by atoms with E-state index in [1.54, 1.807) is 6.92 Å². The lowest BCUT2D eigenvalue weighted by Gasteiger charge is -2.33. The van der Waals surface area contributed by atoms with E-state index in [9.17, 15) is 4.79 Å². The molecule has 0 bridgehead atoms. The summed E-state index contributed by atoms with van der Waals surface area (Å²) in [5.41, 5.74) is 0. The van der Waals surface area contributed by atoms with Gasteiger partial charge in [-0.1, -0.05) is 6.92 Å². The fourth-order valence-electron chi connectivity index (χ4n) is 2.31. The van der Waals surface area contributed by atoms with Crippen LogP contribution in [0.3, 0.4) is 0 Å². The number of aryl methyl sites for hydroxylation is 1. The van der Waals surface area contributed by atoms with Gasteiger partial charge in [0.25, 0.3) is 0 Å². The van der Waals surface area contributed by atoms with E-state index in [0.717, 1.165) is 48.6 Å². The quantitative estimate of drug-likeness (QED) is 0.862. The lowest BCUT2D eigenvalue weighted by Crippen LogP contribution is -2.44. The molecule has 1 amide bonds. The number of nitrogens with zero attached hydrogens (tertiary/aromatic N) is 3. The summed E-state index contributed by atoms with van der Waals surface area (Å²) in [6.07, 6.45) is 2.75. The molecule has 2 rings (SSSR count). The molecule has 5 nitrogen and oxygen atoms in total. The summed E-state index contributed by atoms with van der Waals surface area (Å²) in [7, 11) is 0. The highest BCUT2D eigenvalue weighted by atomic mass is 79.9. The van der Waals surface area contributed by atoms with Crippen molar-refractivity contribution in [3.8, 4) is 0 Å². The van der Waals surface area contributed by atoms with Gasteiger partial charge in [-0.15, -0.1) is 0 Å². The van der Waals surface area contributed by atoms with E-state index in [1.165, 1.54) is 0 Å². The van der Waals surface area contributed by atoms with Crippen LogP contribution in [0.2, 0.25) is 0 Å². The van der Waals surface area contributed by atoms with Gasteiger partial charge in [-0.2, -0.15) is 0 Å². The van der Waals surface area contributed by atoms with Gasteiger partial charge < -0.3 is 10.2 Å². The summed E-state index contributed by atoms with van der Waals surface area (Å²) in [6, 6.07) is 2.25. The molecule has 0 saturated carbocycles. The maximum Gasteiger partial charge on any atom is 0.217 e. The molecule has 19 heavy (non-hydrogen) atoms. The average Bonchev–Trinajstić information content (AvgIpc) is 2.38. The number of nitrogens with one attached hydrogen (secondary N) is 1. The van der Waals surface area contributed by atoms with E-state index in [2.05, 4.69) is 43.0 Å². The van der Waals surface area contributed by atoms with Gasteiger partial charge in [0.1, 0.15) is 16.2 Å². The molecule has 1 aliphatic rings. The second-order valence-electron chi connectivity index (χ2n) is 4.78. The third-order valence-corrected chi connectivity index (χ3v) is 3.68. The highest BCUT2D eigenvalue weighted by molar-refractivity contribution is 9.10. The molecule has 1 aromatic heterocycles. The van der Waals surface area contributed by atoms with Crippen LogP contribution in [0.5, 0.6) is 0 Å². The highest BCUT2D eigenvalue weighted by Gasteiger charge is 2.21. The Labute approximate surface area is 121 Å². The van der Waals surface area contributed by atoms with Crippen molar-refractivity contribution in [2.75, 3.05) is 18.0 Å². The van der Waals surface area contributed by atoms with Crippen LogP contribution in [-0.2, 0) is 11.2 Å². The minimum atomic E-state index is 0.0523. The van der Waals surface area contributed by atoms with E-state index in [0.29, 0.717) is 6.04 Å². The molecular weight excluding hydrogens is 308 g/mol. The van der Waals surface area contributed by atoms with Crippen molar-refractivity contribution in [2.24, 2.45) is 0 Å². The van der Waals surface area contributed by atoms with Crippen LogP contribution in [0.4, 0.5) is 5.82 Å². The number of carbonyl (C=O) groups is 1. The fourth-order valence-corrected chi connectivity index (χ4v) is 2.72. The molecule has 2 heterocycles. The Kier molecular flexibility index (Phi) is 4.74. The molecule has 0 unspecified atom stereocenters. The lowest BCUT2D eigenvalue weighted by molar-refractivity contribution is -0.119. The van der Waals surface area contributed by atoms with Crippen molar-refractivity contribution < 1.29 is 4.79 Å². The third-order valence-electron chi connectivity index (χ3n) is 3.27. The zero-order chi connectivity index (χ0) is 13.8. The zero-order valence-corrected chi connectivity index (χ0v) is 12.9. The molecule has 0 aromatic carbocycles. The Bertz CT molecular complexity index is 458. The number of piperidine rings is 1. The number of carbonyl (C=O) groups excluding carboxylic acids is 1. The Morgan fingerprint density at radius 2 is 2.16 bits per heavy atom. The monoisotopic (exact) mass is 326 g/mol. The smallest absolute Gasteiger partial charge is 0.217 e. The van der Waals surface area contributed by atoms with Gasteiger partial charge in [0.05, 0.1) is 0 Å². The summed E-state index contributed by atoms with van der Waals surface area (Å²) >= 11 is 3.43. The lowest BCUT2D eigenvalue weighted by atomic mass is 10.1. The van der Waals surface area contributed by atoms with Crippen LogP contribution < -0.4 is 10.2 Å². The first-order valence-corrected chi connectivity index (χ1v) is 7.43. The van der Waals surface area contributed by atoms with E-state index >= 15 is 0 Å². The second kappa shape index (κ2) is 6.32. The Morgan fingerprint density at radius 3 is 2.74 bits per heavy atom. The summed E-state index contributed by atoms with van der Waals surface area (Å²) in [5, 5.41) is 2.98. The van der Waals surface area contributed by atoms with Gasteiger partial charge in [0.2, 0.25) is 5.91 Å². The SMILES string of the molecule is CCc1nc(Br)cc(N2CCC(NC(C)=O)CC2)n1. The molecule has 6 heteroatoms. The molecule has 1 aromatic rings. The van der Waals surface area contributed by atoms with Crippen LogP contribution in [0.15, 0.2) is 10.7 Å². The first-order valence-electron chi connectivity index (χ1n) is 6.64. The van der Waals surface area contributed by atoms with Crippen LogP contribution in [0.25, 0.3) is 0 Å². The average molecular weight is 327 g/mol. The molecular formula is C13H19BrN4O. The molecule has 1 saturated heterocycles. The van der Waals surface area contributed by atoms with Gasteiger partial charge in [-0.05, 0) is 28.8 Å². The minimum absolute atomic E-state index is 0.0523. The first kappa shape index (κ1) is 14.2. The van der Waals surface area contributed by atoms with Crippen LogP contribution in [0, 0.1) is 0 Å². The summed E-state index contributed by atoms with van der Waals surface area (Å²) in [4.78, 5) is 22.2. The topological polar surface area (TPSA) is 58.1 Å². The molecule has 104 valence electrons. The van der Waals surface area contributed by atoms with Gasteiger partial charge >= 0.3 is 0 Å². The third kappa shape index (κ3) is 3.89. The summed E-state index contributed by atoms with van der Waals surface area (Å²) in [5.74, 6) is 1.88. The summed E-state index contributed by atoms with van der Waals surface area (Å²) < 4.78 is 0.832. The van der Waals surface area contributed by atoms with Crippen molar-refractivity contribution in [3.05, 3.63) is 16.5 Å². The molecule has 1 N–H and O–H groups in total. The van der Waals surface area contributed by atoms with Gasteiger partial charge in [0.15, 0.2) is 0 Å². The number of hydrogen-bond donors (Lipinski definition) is 1. The highest BCUT2D eigenvalue weighted by Crippen LogP contribution is 2.21. The first-order chi connectivity index (χ1) is 9.08. The number of rotatable bonds is 3. The van der Waals surface area contributed by atoms with Crippen molar-refractivity contribution in [1.29, 1.82) is 0 Å². The predicted octanol–water partition coefficient (Wildman–Crippen LogP) is 1.91. The van der Waals surface area contributed by atoms with Crippen molar-refractivity contribution in [2.45, 2.75) is 39.2 Å². The normalized spacial score (nSPS) is 16.5. The fraction of sp³-hybridized carbons (Fsp3) is 0.615. The maximum absolute atomic E-state index is 11.0. The number of hydrogen-bond acceptors (Lipinski definition) is 4. The van der Waals surface area contributed by atoms with Gasteiger partial charge in [-0.3, -0.25) is 4.79 Å². The summed E-state index contributed by atoms with van der Waals surface area (Å²) in [6.45, 7) is 5.45. The minimum Gasteiger partial charge on any atom is -0.356 e. The number of anilines is 1. The maximum atomic E-state index is 11.0. The Morgan fingerprint density at radius 1 is 1.47 bits per heavy atom. The number of halogens is 1. The number of amides is 1. The number of aromatic nitrogens is 2. The van der Waals surface area contributed by atoms with E-state index in [4.69, 9.17) is 0 Å². The van der Waals surface area contributed by atoms with Crippen molar-refractivity contribution in [1.82, 2.24) is 15.3 Å². The molecule has 0 atom stereocenters. The van der Waals surface area contributed by atoms with Crippen LogP contribution >= 0.6 is 15.9 Å². The van der Waals surface area contributed by atoms with Crippen LogP contribution in [-0.4, -0.2) is 35.0 Å². The van der Waals surface area contributed by atoms with E-state index < -0.39 is 0 Å². The Balaban J connectivity index is 2.01. The standard InChI is InChI=1S/C13H19BrN4O/c1-3-12-16-11(14)8-13(17-12)18-6-4-10(5-7-18)15-9(2)19/h8,10H,3-7H2,1-2H3,(H,15,19). The van der Waals surface area contributed by atoms with Crippen molar-refractivity contribution in [3.63, 3.8) is 0 Å². The predicted molar refractivity (Wildman–Crippen MR) is 78.2 cm³/mol. The van der Waals surface area contributed by atoms with Crippen molar-refractivity contribution >= 4 is 27.7 Å². The molecule has 1 fully saturated rings. The van der Waals surface area contributed by atoms with E-state index in [-0.39, 0.29) is 5.91 Å². The zero-order valence-electron chi connectivity index (χ0n) is 11.3. The van der Waals surface area contributed by atoms with Crippen LogP contribution in [0.1, 0.15) is 32.5 Å². The molecule has 1 aliphatic heterocycles. The van der Waals surface area contributed by atoms with Gasteiger partial charge in [-0.25, -0.2) is 9.97 Å². The van der Waals surface area contributed by atoms with E-state index in [1.807, 2.05) is 6.07 Å². The van der Waals surface area contributed by atoms with Gasteiger partial charge in [0, 0.05) is 38.5 Å².